The molecule has 4 N–H and O–H groups in total. The molecule has 1 unspecified atom stereocenters. The van der Waals surface area contributed by atoms with Gasteiger partial charge in [0.1, 0.15) is 0 Å². The number of nitrogens with one attached hydrogen (secondary N) is 2. The molecular formula is C10H16N4O2. The first-order chi connectivity index (χ1) is 7.52. The Bertz CT molecular complexity index is 359. The molecule has 0 fully saturated rings. The molecule has 1 amide bonds. The molecule has 16 heavy (non-hydrogen) atoms. The van der Waals surface area contributed by atoms with Crippen LogP contribution in [-0.4, -0.2) is 34.2 Å². The quantitative estimate of drug-likeness (QED) is 0.630. The van der Waals surface area contributed by atoms with Crippen LogP contribution in [0.15, 0.2) is 12.5 Å². The molecule has 0 aliphatic heterocycles. The molecule has 0 aliphatic carbocycles. The zero-order chi connectivity index (χ0) is 12.1. The van der Waals surface area contributed by atoms with E-state index in [9.17, 15) is 9.59 Å². The highest BCUT2D eigenvalue weighted by atomic mass is 16.1. The lowest BCUT2D eigenvalue weighted by atomic mass is 9.96. The van der Waals surface area contributed by atoms with Gasteiger partial charge >= 0.3 is 0 Å². The van der Waals surface area contributed by atoms with E-state index in [0.29, 0.717) is 5.69 Å². The molecule has 6 nitrogen and oxygen atoms in total. The summed E-state index contributed by atoms with van der Waals surface area (Å²) in [6, 6.07) is -0.568. The fraction of sp³-hybridized carbons (Fsp3) is 0.500. The molecule has 0 aliphatic rings. The number of hydrogen-bond acceptors (Lipinski definition) is 4. The minimum absolute atomic E-state index is 0.127. The molecule has 1 aromatic rings. The maximum atomic E-state index is 11.8. The average molecular weight is 224 g/mol. The minimum Gasteiger partial charge on any atom is -0.355 e. The van der Waals surface area contributed by atoms with Crippen LogP contribution in [-0.2, 0) is 9.59 Å². The van der Waals surface area contributed by atoms with Gasteiger partial charge in [0.05, 0.1) is 18.3 Å². The number of hydrogen-bond donors (Lipinski definition) is 3. The zero-order valence-electron chi connectivity index (χ0n) is 9.36. The summed E-state index contributed by atoms with van der Waals surface area (Å²) in [6.45, 7) is 3.26. The second-order valence-corrected chi connectivity index (χ2v) is 3.69. The zero-order valence-corrected chi connectivity index (χ0v) is 9.36. The van der Waals surface area contributed by atoms with Crippen molar-refractivity contribution in [1.29, 1.82) is 0 Å². The van der Waals surface area contributed by atoms with Crippen molar-refractivity contribution in [2.24, 2.45) is 5.73 Å². The van der Waals surface area contributed by atoms with Crippen LogP contribution in [0.4, 0.5) is 0 Å². The molecule has 0 saturated heterocycles. The molecule has 0 saturated carbocycles. The lowest BCUT2D eigenvalue weighted by Gasteiger charge is -2.16. The van der Waals surface area contributed by atoms with Crippen molar-refractivity contribution in [3.63, 3.8) is 0 Å². The molecule has 6 heteroatoms. The van der Waals surface area contributed by atoms with E-state index in [1.165, 1.54) is 13.3 Å². The topological polar surface area (TPSA) is 101 Å². The number of ketones is 1. The van der Waals surface area contributed by atoms with Crippen LogP contribution in [0.2, 0.25) is 0 Å². The highest BCUT2D eigenvalue weighted by Gasteiger charge is 2.24. The van der Waals surface area contributed by atoms with Crippen molar-refractivity contribution in [3.05, 3.63) is 18.2 Å². The number of carbonyl (C=O) groups excluding carboxylic acids is 2. The van der Waals surface area contributed by atoms with Crippen molar-refractivity contribution in [3.8, 4) is 0 Å². The molecular weight excluding hydrogens is 208 g/mol. The molecule has 0 aromatic carbocycles. The summed E-state index contributed by atoms with van der Waals surface area (Å²) in [5.74, 6) is -0.772. The summed E-state index contributed by atoms with van der Waals surface area (Å²) < 4.78 is 0. The second-order valence-electron chi connectivity index (χ2n) is 3.69. The van der Waals surface area contributed by atoms with Gasteiger partial charge in [-0.25, -0.2) is 4.98 Å². The van der Waals surface area contributed by atoms with Gasteiger partial charge in [-0.05, 0) is 6.92 Å². The van der Waals surface area contributed by atoms with E-state index in [-0.39, 0.29) is 18.2 Å². The third kappa shape index (κ3) is 3.16. The Hall–Kier alpha value is -1.69. The number of carbonyl (C=O) groups is 2. The van der Waals surface area contributed by atoms with E-state index in [2.05, 4.69) is 15.3 Å². The Labute approximate surface area is 93.6 Å². The van der Waals surface area contributed by atoms with Crippen LogP contribution in [0.25, 0.3) is 0 Å². The summed E-state index contributed by atoms with van der Waals surface area (Å²) in [5, 5.41) is 2.61. The van der Waals surface area contributed by atoms with E-state index in [4.69, 9.17) is 5.73 Å². The molecule has 0 spiro atoms. The molecule has 0 bridgehead atoms. The number of H-pyrrole nitrogens is 1. The second kappa shape index (κ2) is 5.41. The Morgan fingerprint density at radius 3 is 2.75 bits per heavy atom. The third-order valence-corrected chi connectivity index (χ3v) is 2.24. The van der Waals surface area contributed by atoms with Gasteiger partial charge in [0.2, 0.25) is 5.91 Å². The minimum atomic E-state index is -0.568. The number of aromatic nitrogens is 2. The molecule has 2 atom stereocenters. The SMILES string of the molecule is CC(=O)NCC(C(=O)[C@H](C)N)c1cnc[nH]1. The fourth-order valence-corrected chi connectivity index (χ4v) is 1.38. The van der Waals surface area contributed by atoms with E-state index < -0.39 is 12.0 Å². The van der Waals surface area contributed by atoms with Crippen molar-refractivity contribution in [2.45, 2.75) is 25.8 Å². The molecule has 1 rings (SSSR count). The molecule has 88 valence electrons. The lowest BCUT2D eigenvalue weighted by Crippen LogP contribution is -2.38. The summed E-state index contributed by atoms with van der Waals surface area (Å²) in [6.07, 6.45) is 3.05. The first-order valence-corrected chi connectivity index (χ1v) is 5.04. The maximum Gasteiger partial charge on any atom is 0.216 e. The molecule has 1 heterocycles. The number of amides is 1. The first-order valence-electron chi connectivity index (χ1n) is 5.04. The van der Waals surface area contributed by atoms with Crippen LogP contribution in [0, 0.1) is 0 Å². The van der Waals surface area contributed by atoms with Gasteiger partial charge in [0, 0.05) is 25.4 Å². The number of Topliss-reactive ketones (excluding diaryl/α,β-unsaturated/α-hetero) is 1. The number of nitrogens with two attached hydrogens (primary N) is 1. The summed E-state index contributed by atoms with van der Waals surface area (Å²) in [4.78, 5) is 29.4. The Kier molecular flexibility index (Phi) is 4.19. The Morgan fingerprint density at radius 1 is 1.62 bits per heavy atom. The number of aromatic amines is 1. The van der Waals surface area contributed by atoms with Crippen LogP contribution in [0.5, 0.6) is 0 Å². The van der Waals surface area contributed by atoms with Gasteiger partial charge in [0.25, 0.3) is 0 Å². The Balaban J connectivity index is 2.77. The Morgan fingerprint density at radius 2 is 2.31 bits per heavy atom. The standard InChI is InChI=1S/C10H16N4O2/c1-6(11)10(16)8(3-13-7(2)15)9-4-12-5-14-9/h4-6,8H,3,11H2,1-2H3,(H,12,14)(H,13,15)/t6-,8?/m0/s1. The highest BCUT2D eigenvalue weighted by molar-refractivity contribution is 5.90. The van der Waals surface area contributed by atoms with E-state index >= 15 is 0 Å². The van der Waals surface area contributed by atoms with Crippen molar-refractivity contribution >= 4 is 11.7 Å². The van der Waals surface area contributed by atoms with Gasteiger partial charge in [-0.1, -0.05) is 0 Å². The van der Waals surface area contributed by atoms with Gasteiger partial charge in [-0.3, -0.25) is 9.59 Å². The first kappa shape index (κ1) is 12.4. The van der Waals surface area contributed by atoms with Crippen molar-refractivity contribution in [1.82, 2.24) is 15.3 Å². The van der Waals surface area contributed by atoms with Gasteiger partial charge < -0.3 is 16.0 Å². The van der Waals surface area contributed by atoms with Crippen molar-refractivity contribution < 1.29 is 9.59 Å². The van der Waals surface area contributed by atoms with E-state index in [1.807, 2.05) is 0 Å². The lowest BCUT2D eigenvalue weighted by molar-refractivity contribution is -0.122. The largest absolute Gasteiger partial charge is 0.355 e. The van der Waals surface area contributed by atoms with Gasteiger partial charge in [-0.15, -0.1) is 0 Å². The maximum absolute atomic E-state index is 11.8. The van der Waals surface area contributed by atoms with E-state index in [1.54, 1.807) is 13.1 Å². The summed E-state index contributed by atoms with van der Waals surface area (Å²) in [5.41, 5.74) is 6.22. The highest BCUT2D eigenvalue weighted by Crippen LogP contribution is 2.14. The fourth-order valence-electron chi connectivity index (χ4n) is 1.38. The van der Waals surface area contributed by atoms with Crippen LogP contribution in [0.1, 0.15) is 25.5 Å². The molecule has 1 aromatic heterocycles. The number of nitrogens with zero attached hydrogens (tertiary/aromatic N) is 1. The predicted molar refractivity (Wildman–Crippen MR) is 58.7 cm³/mol. The van der Waals surface area contributed by atoms with Gasteiger partial charge in [0.15, 0.2) is 5.78 Å². The summed E-state index contributed by atoms with van der Waals surface area (Å²) >= 11 is 0. The van der Waals surface area contributed by atoms with Gasteiger partial charge in [-0.2, -0.15) is 0 Å². The monoisotopic (exact) mass is 224 g/mol. The third-order valence-electron chi connectivity index (χ3n) is 2.24. The number of rotatable bonds is 5. The molecule has 0 radical (unpaired) electrons. The predicted octanol–water partition coefficient (Wildman–Crippen LogP) is -0.454. The normalized spacial score (nSPS) is 14.2. The van der Waals surface area contributed by atoms with Crippen LogP contribution in [0.3, 0.4) is 0 Å². The van der Waals surface area contributed by atoms with Crippen LogP contribution < -0.4 is 11.1 Å². The smallest absolute Gasteiger partial charge is 0.216 e. The van der Waals surface area contributed by atoms with E-state index in [0.717, 1.165) is 0 Å². The summed E-state index contributed by atoms with van der Waals surface area (Å²) in [7, 11) is 0. The average Bonchev–Trinajstić information content (AvgIpc) is 2.70. The van der Waals surface area contributed by atoms with Crippen molar-refractivity contribution in [2.75, 3.05) is 6.54 Å². The van der Waals surface area contributed by atoms with Crippen LogP contribution >= 0.6 is 0 Å². The number of imidazole rings is 1.